The van der Waals surface area contributed by atoms with Gasteiger partial charge in [0.2, 0.25) is 5.91 Å². The summed E-state index contributed by atoms with van der Waals surface area (Å²) in [6, 6.07) is 10.7. The van der Waals surface area contributed by atoms with Gasteiger partial charge in [-0.1, -0.05) is 25.1 Å². The van der Waals surface area contributed by atoms with Gasteiger partial charge in [0, 0.05) is 11.3 Å². The number of hydrogen-bond acceptors (Lipinski definition) is 3. The predicted octanol–water partition coefficient (Wildman–Crippen LogP) is 3.65. The fourth-order valence-corrected chi connectivity index (χ4v) is 3.06. The number of carboxylic acid groups (broad SMARTS) is 1. The third kappa shape index (κ3) is 4.43. The van der Waals surface area contributed by atoms with Crippen molar-refractivity contribution in [3.05, 3.63) is 57.8 Å². The van der Waals surface area contributed by atoms with E-state index in [1.165, 1.54) is 4.88 Å². The van der Waals surface area contributed by atoms with Crippen molar-refractivity contribution in [1.29, 1.82) is 0 Å². The van der Waals surface area contributed by atoms with Crippen molar-refractivity contribution in [1.82, 2.24) is 5.32 Å². The zero-order valence-electron chi connectivity index (χ0n) is 12.4. The molecule has 116 valence electrons. The highest BCUT2D eigenvalue weighted by Crippen LogP contribution is 2.21. The molecular formula is C17H19NO3S. The van der Waals surface area contributed by atoms with E-state index in [0.717, 1.165) is 12.0 Å². The summed E-state index contributed by atoms with van der Waals surface area (Å²) >= 11 is 1.65. The molecule has 2 aromatic rings. The standard InChI is InChI=1S/C17H19NO3S/c1-2-14(15-4-3-11-22-15)18-16(19)10-7-12-5-8-13(9-6-12)17(20)21/h3-6,8-9,11,14H,2,7,10H2,1H3,(H,18,19)(H,20,21). The number of aryl methyl sites for hydroxylation is 1. The van der Waals surface area contributed by atoms with E-state index < -0.39 is 5.97 Å². The minimum absolute atomic E-state index is 0.0163. The highest BCUT2D eigenvalue weighted by molar-refractivity contribution is 7.10. The van der Waals surface area contributed by atoms with Crippen LogP contribution in [0.2, 0.25) is 0 Å². The lowest BCUT2D eigenvalue weighted by molar-refractivity contribution is -0.121. The van der Waals surface area contributed by atoms with Gasteiger partial charge in [0.15, 0.2) is 0 Å². The Kier molecular flexibility index (Phi) is 5.72. The molecule has 0 aliphatic carbocycles. The number of benzene rings is 1. The predicted molar refractivity (Wildman–Crippen MR) is 87.2 cm³/mol. The molecular weight excluding hydrogens is 298 g/mol. The summed E-state index contributed by atoms with van der Waals surface area (Å²) in [4.78, 5) is 24.0. The molecule has 2 rings (SSSR count). The number of carboxylic acids is 1. The molecule has 1 aromatic carbocycles. The molecule has 1 atom stereocenters. The molecule has 2 N–H and O–H groups in total. The molecule has 1 aromatic heterocycles. The van der Waals surface area contributed by atoms with Gasteiger partial charge in [0.05, 0.1) is 11.6 Å². The Hall–Kier alpha value is -2.14. The second-order valence-corrected chi connectivity index (χ2v) is 6.03. The van der Waals surface area contributed by atoms with Gasteiger partial charge in [-0.25, -0.2) is 4.79 Å². The van der Waals surface area contributed by atoms with Gasteiger partial charge in [0.25, 0.3) is 0 Å². The van der Waals surface area contributed by atoms with Gasteiger partial charge >= 0.3 is 5.97 Å². The molecule has 0 radical (unpaired) electrons. The first-order valence-corrected chi connectivity index (χ1v) is 8.13. The molecule has 4 nitrogen and oxygen atoms in total. The van der Waals surface area contributed by atoms with Gasteiger partial charge < -0.3 is 10.4 Å². The lowest BCUT2D eigenvalue weighted by atomic mass is 10.1. The second-order valence-electron chi connectivity index (χ2n) is 5.05. The summed E-state index contributed by atoms with van der Waals surface area (Å²) in [7, 11) is 0. The van der Waals surface area contributed by atoms with Crippen molar-refractivity contribution in [2.45, 2.75) is 32.2 Å². The van der Waals surface area contributed by atoms with E-state index in [1.807, 2.05) is 17.5 Å². The Morgan fingerprint density at radius 3 is 2.50 bits per heavy atom. The molecule has 1 unspecified atom stereocenters. The molecule has 1 heterocycles. The minimum atomic E-state index is -0.939. The van der Waals surface area contributed by atoms with Gasteiger partial charge in [0.1, 0.15) is 0 Å². The number of carbonyl (C=O) groups excluding carboxylic acids is 1. The highest BCUT2D eigenvalue weighted by atomic mass is 32.1. The summed E-state index contributed by atoms with van der Waals surface area (Å²) in [6.07, 6.45) is 1.86. The topological polar surface area (TPSA) is 66.4 Å². The first-order chi connectivity index (χ1) is 10.6. The third-order valence-corrected chi connectivity index (χ3v) is 4.46. The fourth-order valence-electron chi connectivity index (χ4n) is 2.20. The van der Waals surface area contributed by atoms with Gasteiger partial charge in [-0.15, -0.1) is 11.3 Å². The maximum atomic E-state index is 12.1. The number of rotatable bonds is 7. The number of carbonyl (C=O) groups is 2. The Morgan fingerprint density at radius 2 is 1.95 bits per heavy atom. The van der Waals surface area contributed by atoms with Crippen LogP contribution < -0.4 is 5.32 Å². The molecule has 0 aliphatic rings. The van der Waals surface area contributed by atoms with Crippen molar-refractivity contribution in [2.75, 3.05) is 0 Å². The first kappa shape index (κ1) is 16.2. The Balaban J connectivity index is 1.85. The number of amides is 1. The minimum Gasteiger partial charge on any atom is -0.478 e. The summed E-state index contributed by atoms with van der Waals surface area (Å²) in [5, 5.41) is 13.9. The quantitative estimate of drug-likeness (QED) is 0.819. The first-order valence-electron chi connectivity index (χ1n) is 7.25. The van der Waals surface area contributed by atoms with Gasteiger partial charge in [-0.3, -0.25) is 4.79 Å². The van der Waals surface area contributed by atoms with Crippen LogP contribution in [0.25, 0.3) is 0 Å². The maximum absolute atomic E-state index is 12.1. The summed E-state index contributed by atoms with van der Waals surface area (Å²) < 4.78 is 0. The molecule has 0 fully saturated rings. The van der Waals surface area contributed by atoms with Gasteiger partial charge in [-0.05, 0) is 42.0 Å². The molecule has 0 saturated heterocycles. The Labute approximate surface area is 133 Å². The number of hydrogen-bond donors (Lipinski definition) is 2. The highest BCUT2D eigenvalue weighted by Gasteiger charge is 2.13. The molecule has 0 saturated carbocycles. The van der Waals surface area contributed by atoms with E-state index in [9.17, 15) is 9.59 Å². The van der Waals surface area contributed by atoms with Crippen molar-refractivity contribution >= 4 is 23.2 Å². The number of aromatic carboxylic acids is 1. The smallest absolute Gasteiger partial charge is 0.335 e. The number of nitrogens with one attached hydrogen (secondary N) is 1. The summed E-state index contributed by atoms with van der Waals surface area (Å²) in [5.74, 6) is -0.923. The fraction of sp³-hybridized carbons (Fsp3) is 0.294. The third-order valence-electron chi connectivity index (χ3n) is 3.47. The zero-order chi connectivity index (χ0) is 15.9. The SMILES string of the molecule is CCC(NC(=O)CCc1ccc(C(=O)O)cc1)c1cccs1. The van der Waals surface area contributed by atoms with Crippen molar-refractivity contribution in [3.63, 3.8) is 0 Å². The van der Waals surface area contributed by atoms with Crippen molar-refractivity contribution in [3.8, 4) is 0 Å². The van der Waals surface area contributed by atoms with Crippen LogP contribution in [-0.2, 0) is 11.2 Å². The molecule has 0 spiro atoms. The molecule has 0 aliphatic heterocycles. The van der Waals surface area contributed by atoms with Crippen LogP contribution >= 0.6 is 11.3 Å². The van der Waals surface area contributed by atoms with Crippen LogP contribution in [0, 0.1) is 0 Å². The largest absolute Gasteiger partial charge is 0.478 e. The Morgan fingerprint density at radius 1 is 1.23 bits per heavy atom. The van der Waals surface area contributed by atoms with E-state index in [1.54, 1.807) is 35.6 Å². The zero-order valence-corrected chi connectivity index (χ0v) is 13.2. The van der Waals surface area contributed by atoms with Crippen LogP contribution in [0.4, 0.5) is 0 Å². The summed E-state index contributed by atoms with van der Waals surface area (Å²) in [6.45, 7) is 2.05. The van der Waals surface area contributed by atoms with E-state index in [2.05, 4.69) is 12.2 Å². The maximum Gasteiger partial charge on any atom is 0.335 e. The molecule has 0 bridgehead atoms. The second kappa shape index (κ2) is 7.75. The van der Waals surface area contributed by atoms with Crippen LogP contribution in [0.3, 0.4) is 0 Å². The van der Waals surface area contributed by atoms with Gasteiger partial charge in [-0.2, -0.15) is 0 Å². The Bertz CT molecular complexity index is 620. The molecule has 1 amide bonds. The molecule has 22 heavy (non-hydrogen) atoms. The normalized spacial score (nSPS) is 11.9. The average Bonchev–Trinajstić information content (AvgIpc) is 3.05. The lowest BCUT2D eigenvalue weighted by Crippen LogP contribution is -2.27. The van der Waals surface area contributed by atoms with E-state index in [-0.39, 0.29) is 17.5 Å². The monoisotopic (exact) mass is 317 g/mol. The van der Waals surface area contributed by atoms with Crippen molar-refractivity contribution < 1.29 is 14.7 Å². The van der Waals surface area contributed by atoms with Crippen LogP contribution in [0.15, 0.2) is 41.8 Å². The van der Waals surface area contributed by atoms with Crippen molar-refractivity contribution in [2.24, 2.45) is 0 Å². The molecule has 5 heteroatoms. The van der Waals surface area contributed by atoms with Crippen LogP contribution in [-0.4, -0.2) is 17.0 Å². The van der Waals surface area contributed by atoms with E-state index in [4.69, 9.17) is 5.11 Å². The van der Waals surface area contributed by atoms with Crippen LogP contribution in [0.5, 0.6) is 0 Å². The van der Waals surface area contributed by atoms with E-state index >= 15 is 0 Å². The number of thiophene rings is 1. The lowest BCUT2D eigenvalue weighted by Gasteiger charge is -2.15. The average molecular weight is 317 g/mol. The summed E-state index contributed by atoms with van der Waals surface area (Å²) in [5.41, 5.74) is 1.22. The van der Waals surface area contributed by atoms with E-state index in [0.29, 0.717) is 12.8 Å². The van der Waals surface area contributed by atoms with Crippen LogP contribution in [0.1, 0.15) is 46.6 Å².